The van der Waals surface area contributed by atoms with Gasteiger partial charge in [-0.1, -0.05) is 65.5 Å². The summed E-state index contributed by atoms with van der Waals surface area (Å²) in [4.78, 5) is 12.3. The first-order valence-electron chi connectivity index (χ1n) is 18.1. The number of halogens is 13. The topological polar surface area (TPSA) is 35.5 Å². The van der Waals surface area contributed by atoms with E-state index in [1.54, 1.807) is 0 Å². The lowest BCUT2D eigenvalue weighted by Crippen LogP contribution is -2.70. The number of carbonyl (C=O) groups excluding carboxylic acids is 1. The van der Waals surface area contributed by atoms with Crippen molar-refractivity contribution in [2.75, 3.05) is 6.61 Å². The van der Waals surface area contributed by atoms with Gasteiger partial charge in [0, 0.05) is 6.42 Å². The third-order valence-electron chi connectivity index (χ3n) is 13.2. The van der Waals surface area contributed by atoms with Gasteiger partial charge in [0.1, 0.15) is 12.7 Å². The maximum atomic E-state index is 14.1. The molecule has 0 aromatic rings. The van der Waals surface area contributed by atoms with Gasteiger partial charge in [0.15, 0.2) is 0 Å². The molecule has 0 radical (unpaired) electrons. The molecule has 302 valence electrons. The van der Waals surface area contributed by atoms with Crippen molar-refractivity contribution in [2.45, 2.75) is 154 Å². The lowest BCUT2D eigenvalue weighted by Gasteiger charge is -2.58. The lowest BCUT2D eigenvalue weighted by atomic mass is 9.47. The van der Waals surface area contributed by atoms with Crippen molar-refractivity contribution < 1.29 is 71.3 Å². The van der Waals surface area contributed by atoms with E-state index in [1.165, 1.54) is 32.1 Å². The van der Waals surface area contributed by atoms with Crippen LogP contribution < -0.4 is 0 Å². The molecule has 3 fully saturated rings. The summed E-state index contributed by atoms with van der Waals surface area (Å²) >= 11 is 0. The Morgan fingerprint density at radius 2 is 1.40 bits per heavy atom. The van der Waals surface area contributed by atoms with E-state index < -0.39 is 61.1 Å². The van der Waals surface area contributed by atoms with Gasteiger partial charge in [-0.2, -0.15) is 57.1 Å². The van der Waals surface area contributed by atoms with Crippen molar-refractivity contribution >= 4 is 6.16 Å². The molecule has 0 bridgehead atoms. The highest BCUT2D eigenvalue weighted by atomic mass is 19.4. The van der Waals surface area contributed by atoms with Crippen LogP contribution in [0.5, 0.6) is 0 Å². The zero-order chi connectivity index (χ0) is 39.5. The van der Waals surface area contributed by atoms with Gasteiger partial charge in [0.25, 0.3) is 0 Å². The van der Waals surface area contributed by atoms with Crippen molar-refractivity contribution in [1.82, 2.24) is 0 Å². The zero-order valence-electron chi connectivity index (χ0n) is 29.9. The van der Waals surface area contributed by atoms with Crippen LogP contribution in [-0.2, 0) is 9.47 Å². The molecule has 3 nitrogen and oxygen atoms in total. The number of fused-ring (bicyclic) bond motifs is 5. The SMILES string of the molecule is CC(C)CCC[C@@H](C)[C@H]1CCC2C3CC=C4CC(OC(=O)OCCC(F)(F)C(F)(F)C(F)(F)C(F)(F)C(F)(F)C(F)(F)F)CC[C@]4(C)C3CC[C@@]21C. The van der Waals surface area contributed by atoms with Crippen molar-refractivity contribution in [3.05, 3.63) is 11.6 Å². The van der Waals surface area contributed by atoms with Crippen LogP contribution in [0.1, 0.15) is 112 Å². The Morgan fingerprint density at radius 3 is 2.00 bits per heavy atom. The molecule has 0 saturated heterocycles. The molecule has 0 aromatic heterocycles. The third kappa shape index (κ3) is 7.16. The fraction of sp³-hybridized carbons (Fsp3) is 0.917. The van der Waals surface area contributed by atoms with Gasteiger partial charge < -0.3 is 9.47 Å². The highest BCUT2D eigenvalue weighted by molar-refractivity contribution is 5.60. The molecule has 0 aromatic carbocycles. The van der Waals surface area contributed by atoms with Crippen LogP contribution in [0.15, 0.2) is 11.6 Å². The molecular formula is C36H49F13O3. The number of hydrogen-bond donors (Lipinski definition) is 0. The van der Waals surface area contributed by atoms with Crippen molar-refractivity contribution in [3.8, 4) is 0 Å². The van der Waals surface area contributed by atoms with E-state index in [2.05, 4.69) is 45.4 Å². The minimum Gasteiger partial charge on any atom is -0.434 e. The summed E-state index contributed by atoms with van der Waals surface area (Å²) in [6.07, 6.45) is -0.0818. The Bertz CT molecular complexity index is 1310. The molecule has 0 N–H and O–H groups in total. The fourth-order valence-corrected chi connectivity index (χ4v) is 10.1. The van der Waals surface area contributed by atoms with Gasteiger partial charge in [-0.05, 0) is 91.3 Å². The molecule has 4 aliphatic rings. The number of allylic oxidation sites excluding steroid dienone is 1. The minimum absolute atomic E-state index is 0.182. The average molecular weight is 777 g/mol. The summed E-state index contributed by atoms with van der Waals surface area (Å²) in [6.45, 7) is 9.71. The Morgan fingerprint density at radius 1 is 0.788 bits per heavy atom. The quantitative estimate of drug-likeness (QED) is 0.106. The number of rotatable bonds is 13. The van der Waals surface area contributed by atoms with E-state index >= 15 is 0 Å². The summed E-state index contributed by atoms with van der Waals surface area (Å²) in [5.41, 5.74) is 1.14. The minimum atomic E-state index is -7.98. The van der Waals surface area contributed by atoms with Crippen LogP contribution in [0.25, 0.3) is 0 Å². The second kappa shape index (κ2) is 14.3. The van der Waals surface area contributed by atoms with E-state index in [9.17, 15) is 61.9 Å². The molecule has 16 heteroatoms. The van der Waals surface area contributed by atoms with Crippen molar-refractivity contribution in [1.29, 1.82) is 0 Å². The molecule has 0 amide bonds. The molecule has 0 aliphatic heterocycles. The normalized spacial score (nSPS) is 32.4. The predicted octanol–water partition coefficient (Wildman–Crippen LogP) is 12.7. The molecule has 4 rings (SSSR count). The van der Waals surface area contributed by atoms with E-state index in [1.807, 2.05) is 0 Å². The smallest absolute Gasteiger partial charge is 0.434 e. The molecular weight excluding hydrogens is 727 g/mol. The number of ether oxygens (including phenoxy) is 2. The van der Waals surface area contributed by atoms with Gasteiger partial charge >= 0.3 is 41.9 Å². The second-order valence-electron chi connectivity index (χ2n) is 16.6. The second-order valence-corrected chi connectivity index (χ2v) is 16.6. The summed E-state index contributed by atoms with van der Waals surface area (Å²) in [5.74, 6) is -33.9. The van der Waals surface area contributed by atoms with Gasteiger partial charge in [0.2, 0.25) is 0 Å². The van der Waals surface area contributed by atoms with Crippen LogP contribution in [0.2, 0.25) is 0 Å². The van der Waals surface area contributed by atoms with Crippen LogP contribution >= 0.6 is 0 Å². The summed E-state index contributed by atoms with van der Waals surface area (Å²) in [6, 6.07) is 0. The monoisotopic (exact) mass is 776 g/mol. The number of alkyl halides is 13. The van der Waals surface area contributed by atoms with E-state index in [0.717, 1.165) is 24.8 Å². The standard InChI is InChI=1S/C36H49F13O3/c1-20(2)7-6-8-21(3)25-11-12-26-24-10-9-22-19-23(13-15-29(22,4)27(24)14-16-30(25,26)5)52-28(50)51-18-17-31(37,38)32(39,40)33(41,42)34(43,44)35(45,46)36(47,48)49/h9,20-21,23-27H,6-8,10-19H2,1-5H3/t21-,23?,24?,25-,26?,27?,29+,30-/m1/s1. The third-order valence-corrected chi connectivity index (χ3v) is 13.2. The van der Waals surface area contributed by atoms with Crippen LogP contribution in [0.4, 0.5) is 61.9 Å². The highest BCUT2D eigenvalue weighted by Gasteiger charge is 2.90. The van der Waals surface area contributed by atoms with Gasteiger partial charge in [0.05, 0.1) is 6.42 Å². The highest BCUT2D eigenvalue weighted by Crippen LogP contribution is 2.67. The Balaban J connectivity index is 1.33. The molecule has 3 saturated carbocycles. The average Bonchev–Trinajstić information content (AvgIpc) is 3.37. The Kier molecular flexibility index (Phi) is 11.8. The first kappa shape index (κ1) is 42.8. The van der Waals surface area contributed by atoms with Crippen molar-refractivity contribution in [3.63, 3.8) is 0 Å². The van der Waals surface area contributed by atoms with E-state index in [0.29, 0.717) is 48.3 Å². The first-order valence-corrected chi connectivity index (χ1v) is 18.1. The molecule has 0 heterocycles. The van der Waals surface area contributed by atoms with Crippen LogP contribution in [-0.4, -0.2) is 54.7 Å². The maximum absolute atomic E-state index is 14.1. The fourth-order valence-electron chi connectivity index (χ4n) is 10.1. The van der Waals surface area contributed by atoms with Gasteiger partial charge in [-0.25, -0.2) is 4.79 Å². The zero-order valence-corrected chi connectivity index (χ0v) is 29.9. The first-order chi connectivity index (χ1) is 23.6. The molecule has 8 atom stereocenters. The van der Waals surface area contributed by atoms with Crippen LogP contribution in [0, 0.1) is 46.3 Å². The summed E-state index contributed by atoms with van der Waals surface area (Å²) < 4.78 is 183. The molecule has 52 heavy (non-hydrogen) atoms. The summed E-state index contributed by atoms with van der Waals surface area (Å²) in [7, 11) is 0. The number of hydrogen-bond acceptors (Lipinski definition) is 3. The van der Waals surface area contributed by atoms with E-state index in [4.69, 9.17) is 4.74 Å². The lowest BCUT2D eigenvalue weighted by molar-refractivity contribution is -0.440. The molecule has 4 aliphatic carbocycles. The summed E-state index contributed by atoms with van der Waals surface area (Å²) in [5, 5.41) is 0. The van der Waals surface area contributed by atoms with E-state index in [-0.39, 0.29) is 17.3 Å². The molecule has 0 spiro atoms. The predicted molar refractivity (Wildman–Crippen MR) is 165 cm³/mol. The van der Waals surface area contributed by atoms with Gasteiger partial charge in [-0.15, -0.1) is 0 Å². The molecule has 4 unspecified atom stereocenters. The van der Waals surface area contributed by atoms with Crippen molar-refractivity contribution in [2.24, 2.45) is 46.3 Å². The Labute approximate surface area is 295 Å². The largest absolute Gasteiger partial charge is 0.508 e. The van der Waals surface area contributed by atoms with Gasteiger partial charge in [-0.3, -0.25) is 0 Å². The number of carbonyl (C=O) groups is 1. The van der Waals surface area contributed by atoms with Crippen LogP contribution in [0.3, 0.4) is 0 Å². The maximum Gasteiger partial charge on any atom is 0.508 e. The Hall–Kier alpha value is -1.90.